The number of aryl methyl sites for hydroxylation is 2. The molecule has 0 unspecified atom stereocenters. The Morgan fingerprint density at radius 2 is 0.872 bits per heavy atom. The molecular formula is C46H34O. The molecule has 0 saturated heterocycles. The fraction of sp³-hybridized carbons (Fsp3) is 0.0870. The van der Waals surface area contributed by atoms with Gasteiger partial charge in [0.2, 0.25) is 0 Å². The molecule has 0 atom stereocenters. The molecule has 0 N–H and O–H groups in total. The molecule has 9 rings (SSSR count). The lowest BCUT2D eigenvalue weighted by atomic mass is 9.81. The van der Waals surface area contributed by atoms with Gasteiger partial charge in [-0.3, -0.25) is 0 Å². The lowest BCUT2D eigenvalue weighted by molar-refractivity contribution is 0.669. The predicted octanol–water partition coefficient (Wildman–Crippen LogP) is 13.2. The Labute approximate surface area is 274 Å². The topological polar surface area (TPSA) is 13.1 Å². The van der Waals surface area contributed by atoms with Gasteiger partial charge in [0.15, 0.2) is 0 Å². The van der Waals surface area contributed by atoms with E-state index < -0.39 is 0 Å². The van der Waals surface area contributed by atoms with Crippen molar-refractivity contribution in [3.8, 4) is 33.4 Å². The van der Waals surface area contributed by atoms with Crippen LogP contribution in [0.25, 0.3) is 87.6 Å². The normalized spacial score (nSPS) is 11.8. The van der Waals surface area contributed by atoms with Gasteiger partial charge >= 0.3 is 0 Å². The number of hydrogen-bond donors (Lipinski definition) is 0. The van der Waals surface area contributed by atoms with Crippen LogP contribution in [0.5, 0.6) is 0 Å². The molecule has 224 valence electrons. The first-order valence-electron chi connectivity index (χ1n) is 16.7. The first kappa shape index (κ1) is 27.6. The van der Waals surface area contributed by atoms with E-state index in [0.717, 1.165) is 34.8 Å². The molecule has 0 spiro atoms. The second kappa shape index (κ2) is 11.0. The summed E-state index contributed by atoms with van der Waals surface area (Å²) in [6.45, 7) is 4.55. The Morgan fingerprint density at radius 1 is 0.362 bits per heavy atom. The second-order valence-corrected chi connectivity index (χ2v) is 12.5. The first-order chi connectivity index (χ1) is 23.2. The van der Waals surface area contributed by atoms with Crippen molar-refractivity contribution in [2.45, 2.75) is 26.7 Å². The Morgan fingerprint density at radius 3 is 1.53 bits per heavy atom. The summed E-state index contributed by atoms with van der Waals surface area (Å²) < 4.78 is 6.21. The molecule has 47 heavy (non-hydrogen) atoms. The fourth-order valence-electron chi connectivity index (χ4n) is 7.92. The van der Waals surface area contributed by atoms with Crippen LogP contribution < -0.4 is 0 Å². The Hall–Kier alpha value is -5.66. The summed E-state index contributed by atoms with van der Waals surface area (Å²) in [5.74, 6) is 0. The summed E-state index contributed by atoms with van der Waals surface area (Å²) >= 11 is 0. The van der Waals surface area contributed by atoms with Crippen molar-refractivity contribution in [3.63, 3.8) is 0 Å². The average molecular weight is 603 g/mol. The van der Waals surface area contributed by atoms with Crippen molar-refractivity contribution in [2.75, 3.05) is 0 Å². The average Bonchev–Trinajstić information content (AvgIpc) is 3.51. The summed E-state index contributed by atoms with van der Waals surface area (Å²) in [7, 11) is 0. The summed E-state index contributed by atoms with van der Waals surface area (Å²) in [5, 5.41) is 9.97. The van der Waals surface area contributed by atoms with E-state index in [0.29, 0.717) is 0 Å². The Balaban J connectivity index is 1.39. The highest BCUT2D eigenvalue weighted by Gasteiger charge is 2.21. The maximum absolute atomic E-state index is 6.21. The molecule has 0 radical (unpaired) electrons. The predicted molar refractivity (Wildman–Crippen MR) is 201 cm³/mol. The highest BCUT2D eigenvalue weighted by atomic mass is 16.3. The van der Waals surface area contributed by atoms with Crippen molar-refractivity contribution in [2.24, 2.45) is 0 Å². The van der Waals surface area contributed by atoms with E-state index in [1.807, 2.05) is 6.07 Å². The lowest BCUT2D eigenvalue weighted by Crippen LogP contribution is -1.97. The van der Waals surface area contributed by atoms with E-state index in [2.05, 4.69) is 153 Å². The highest BCUT2D eigenvalue weighted by molar-refractivity contribution is 6.25. The van der Waals surface area contributed by atoms with Gasteiger partial charge < -0.3 is 4.42 Å². The zero-order valence-electron chi connectivity index (χ0n) is 26.7. The highest BCUT2D eigenvalue weighted by Crippen LogP contribution is 2.48. The largest absolute Gasteiger partial charge is 0.456 e. The van der Waals surface area contributed by atoms with Crippen molar-refractivity contribution < 1.29 is 4.42 Å². The van der Waals surface area contributed by atoms with E-state index >= 15 is 0 Å². The molecule has 0 aliphatic carbocycles. The van der Waals surface area contributed by atoms with Gasteiger partial charge in [0.25, 0.3) is 0 Å². The van der Waals surface area contributed by atoms with Crippen LogP contribution in [0.1, 0.15) is 25.0 Å². The molecule has 0 aliphatic heterocycles. The van der Waals surface area contributed by atoms with Crippen molar-refractivity contribution in [1.82, 2.24) is 0 Å². The molecule has 1 nitrogen and oxygen atoms in total. The first-order valence-corrected chi connectivity index (χ1v) is 16.7. The smallest absolute Gasteiger partial charge is 0.135 e. The van der Waals surface area contributed by atoms with E-state index in [-0.39, 0.29) is 0 Å². The maximum Gasteiger partial charge on any atom is 0.135 e. The van der Waals surface area contributed by atoms with Gasteiger partial charge in [0.1, 0.15) is 11.2 Å². The molecule has 0 fully saturated rings. The van der Waals surface area contributed by atoms with Crippen LogP contribution in [0.3, 0.4) is 0 Å². The summed E-state index contributed by atoms with van der Waals surface area (Å²) in [6, 6.07) is 53.4. The number of para-hydroxylation sites is 1. The van der Waals surface area contributed by atoms with E-state index in [4.69, 9.17) is 4.42 Å². The summed E-state index contributed by atoms with van der Waals surface area (Å²) in [5.41, 5.74) is 12.4. The zero-order valence-corrected chi connectivity index (χ0v) is 26.7. The minimum absolute atomic E-state index is 0.920. The van der Waals surface area contributed by atoms with Crippen molar-refractivity contribution in [1.29, 1.82) is 0 Å². The van der Waals surface area contributed by atoms with Gasteiger partial charge in [0.05, 0.1) is 0 Å². The Kier molecular flexibility index (Phi) is 6.47. The molecule has 0 amide bonds. The number of furan rings is 1. The fourth-order valence-corrected chi connectivity index (χ4v) is 7.92. The third-order valence-electron chi connectivity index (χ3n) is 10.0. The quantitative estimate of drug-likeness (QED) is 0.179. The van der Waals surface area contributed by atoms with E-state index in [1.165, 1.54) is 76.8 Å². The molecule has 0 bridgehead atoms. The molecule has 1 heteroatoms. The molecule has 8 aromatic carbocycles. The minimum atomic E-state index is 0.920. The van der Waals surface area contributed by atoms with Gasteiger partial charge in [-0.15, -0.1) is 0 Å². The van der Waals surface area contributed by atoms with E-state index in [1.54, 1.807) is 0 Å². The third-order valence-corrected chi connectivity index (χ3v) is 10.0. The number of fused-ring (bicyclic) bond motifs is 6. The van der Waals surface area contributed by atoms with Crippen LogP contribution in [0.4, 0.5) is 0 Å². The number of benzene rings is 8. The lowest BCUT2D eigenvalue weighted by Gasteiger charge is -2.22. The second-order valence-electron chi connectivity index (χ2n) is 12.5. The molecular weight excluding hydrogens is 569 g/mol. The number of rotatable bonds is 5. The van der Waals surface area contributed by atoms with Crippen LogP contribution in [-0.4, -0.2) is 0 Å². The molecule has 1 heterocycles. The number of hydrogen-bond acceptors (Lipinski definition) is 1. The van der Waals surface area contributed by atoms with Gasteiger partial charge in [0, 0.05) is 10.8 Å². The van der Waals surface area contributed by atoms with Crippen LogP contribution >= 0.6 is 0 Å². The van der Waals surface area contributed by atoms with Crippen LogP contribution in [-0.2, 0) is 12.8 Å². The van der Waals surface area contributed by atoms with E-state index in [9.17, 15) is 0 Å². The minimum Gasteiger partial charge on any atom is -0.456 e. The van der Waals surface area contributed by atoms with Gasteiger partial charge in [-0.2, -0.15) is 0 Å². The van der Waals surface area contributed by atoms with Crippen molar-refractivity contribution in [3.05, 3.63) is 157 Å². The van der Waals surface area contributed by atoms with Gasteiger partial charge in [-0.25, -0.2) is 0 Å². The van der Waals surface area contributed by atoms with Crippen molar-refractivity contribution >= 4 is 54.3 Å². The zero-order chi connectivity index (χ0) is 31.5. The SMILES string of the molecule is CCc1ccccc1-c1c(CC)cc(-c2c3ccccc3c(-c3ccc4oc5ccccc5c4c3)c3ccccc23)c2ccccc12. The van der Waals surface area contributed by atoms with Crippen LogP contribution in [0.15, 0.2) is 150 Å². The summed E-state index contributed by atoms with van der Waals surface area (Å²) in [6.07, 6.45) is 1.96. The maximum atomic E-state index is 6.21. The van der Waals surface area contributed by atoms with Gasteiger partial charge in [-0.1, -0.05) is 135 Å². The molecule has 0 saturated carbocycles. The van der Waals surface area contributed by atoms with Gasteiger partial charge in [-0.05, 0) is 114 Å². The molecule has 1 aromatic heterocycles. The molecule has 0 aliphatic rings. The monoisotopic (exact) mass is 602 g/mol. The molecule has 9 aromatic rings. The standard InChI is InChI=1S/C46H34O/c1-3-29-15-5-6-16-32(29)44-30(4-2)27-41(33-17-7-8-19-35(33)44)46-38-22-11-9-20-36(38)45(37-21-10-12-23-39(37)46)31-25-26-43-40(28-31)34-18-13-14-24-42(34)47-43/h5-28H,3-4H2,1-2H3. The third kappa shape index (κ3) is 4.23. The Bertz CT molecular complexity index is 2600. The van der Waals surface area contributed by atoms with Crippen LogP contribution in [0.2, 0.25) is 0 Å². The van der Waals surface area contributed by atoms with Crippen LogP contribution in [0, 0.1) is 0 Å². The summed E-state index contributed by atoms with van der Waals surface area (Å²) in [4.78, 5) is 0.